The Morgan fingerprint density at radius 1 is 1.08 bits per heavy atom. The first-order valence-electron chi connectivity index (χ1n) is 8.06. The monoisotopic (exact) mass is 352 g/mol. The summed E-state index contributed by atoms with van der Waals surface area (Å²) in [6.07, 6.45) is 0. The van der Waals surface area contributed by atoms with Gasteiger partial charge in [0.05, 0.1) is 5.56 Å². The number of nitrogens with zero attached hydrogens (tertiary/aromatic N) is 2. The Kier molecular flexibility index (Phi) is 6.75. The molecule has 0 spiro atoms. The van der Waals surface area contributed by atoms with Crippen LogP contribution < -0.4 is 4.74 Å². The van der Waals surface area contributed by atoms with Gasteiger partial charge < -0.3 is 14.4 Å². The van der Waals surface area contributed by atoms with Crippen LogP contribution in [0.15, 0.2) is 48.5 Å². The molecule has 0 aliphatic carbocycles. The summed E-state index contributed by atoms with van der Waals surface area (Å²) in [6, 6.07) is 16.4. The number of aryl methyl sites for hydroxylation is 1. The van der Waals surface area contributed by atoms with E-state index < -0.39 is 5.97 Å². The Labute approximate surface area is 152 Å². The zero-order valence-electron chi connectivity index (χ0n) is 14.8. The van der Waals surface area contributed by atoms with Crippen molar-refractivity contribution in [3.8, 4) is 11.8 Å². The van der Waals surface area contributed by atoms with Gasteiger partial charge in [-0.05, 0) is 24.6 Å². The fourth-order valence-corrected chi connectivity index (χ4v) is 2.17. The molecule has 0 atom stereocenters. The topological polar surface area (TPSA) is 79.6 Å². The number of rotatable bonds is 7. The van der Waals surface area contributed by atoms with Crippen LogP contribution in [0.1, 0.15) is 16.7 Å². The minimum absolute atomic E-state index is 0.301. The molecule has 6 heteroatoms. The second-order valence-corrected chi connectivity index (χ2v) is 5.79. The number of esters is 1. The van der Waals surface area contributed by atoms with Crippen molar-refractivity contribution in [1.82, 2.24) is 4.90 Å². The molecule has 26 heavy (non-hydrogen) atoms. The molecule has 1 amide bonds. The first-order chi connectivity index (χ1) is 12.5. The van der Waals surface area contributed by atoms with Crippen molar-refractivity contribution in [3.05, 3.63) is 65.2 Å². The Balaban J connectivity index is 1.76. The van der Waals surface area contributed by atoms with Gasteiger partial charge in [-0.2, -0.15) is 5.26 Å². The number of hydrogen-bond donors (Lipinski definition) is 0. The first-order valence-corrected chi connectivity index (χ1v) is 8.06. The van der Waals surface area contributed by atoms with Crippen LogP contribution in [0, 0.1) is 18.3 Å². The Bertz CT molecular complexity index is 809. The lowest BCUT2D eigenvalue weighted by atomic mass is 10.1. The summed E-state index contributed by atoms with van der Waals surface area (Å²) in [4.78, 5) is 25.3. The van der Waals surface area contributed by atoms with Gasteiger partial charge in [-0.15, -0.1) is 0 Å². The van der Waals surface area contributed by atoms with Crippen molar-refractivity contribution in [3.63, 3.8) is 0 Å². The van der Waals surface area contributed by atoms with Gasteiger partial charge in [0.1, 0.15) is 11.8 Å². The standard InChI is InChI=1S/C20H20N2O4/c1-15-7-9-16(10-8-15)12-22(2)19(23)13-26-20(24)14-25-18-6-4-3-5-17(18)11-21/h3-10H,12-14H2,1-2H3. The molecule has 0 heterocycles. The Morgan fingerprint density at radius 3 is 2.46 bits per heavy atom. The minimum atomic E-state index is -0.671. The van der Waals surface area contributed by atoms with Gasteiger partial charge in [0.15, 0.2) is 13.2 Å². The van der Waals surface area contributed by atoms with E-state index in [0.717, 1.165) is 11.1 Å². The minimum Gasteiger partial charge on any atom is -0.481 e. The van der Waals surface area contributed by atoms with Gasteiger partial charge in [0.25, 0.3) is 5.91 Å². The van der Waals surface area contributed by atoms with E-state index in [2.05, 4.69) is 0 Å². The summed E-state index contributed by atoms with van der Waals surface area (Å²) < 4.78 is 10.2. The molecule has 0 saturated heterocycles. The van der Waals surface area contributed by atoms with E-state index in [9.17, 15) is 9.59 Å². The number of amides is 1. The summed E-state index contributed by atoms with van der Waals surface area (Å²) in [7, 11) is 1.65. The molecule has 0 N–H and O–H groups in total. The van der Waals surface area contributed by atoms with E-state index in [1.54, 1.807) is 31.3 Å². The first kappa shape index (κ1) is 19.0. The van der Waals surface area contributed by atoms with Crippen LogP contribution in [0.25, 0.3) is 0 Å². The Hall–Kier alpha value is -3.33. The number of likely N-dealkylation sites (N-methyl/N-ethyl adjacent to an activating group) is 1. The van der Waals surface area contributed by atoms with E-state index in [0.29, 0.717) is 17.9 Å². The van der Waals surface area contributed by atoms with E-state index >= 15 is 0 Å². The second kappa shape index (κ2) is 9.23. The number of carbonyl (C=O) groups excluding carboxylic acids is 2. The summed E-state index contributed by atoms with van der Waals surface area (Å²) in [5.41, 5.74) is 2.47. The van der Waals surface area contributed by atoms with Gasteiger partial charge in [0, 0.05) is 13.6 Å². The largest absolute Gasteiger partial charge is 0.481 e. The van der Waals surface area contributed by atoms with E-state index in [4.69, 9.17) is 14.7 Å². The van der Waals surface area contributed by atoms with Crippen molar-refractivity contribution in [2.24, 2.45) is 0 Å². The van der Waals surface area contributed by atoms with Crippen molar-refractivity contribution in [2.45, 2.75) is 13.5 Å². The van der Waals surface area contributed by atoms with Crippen molar-refractivity contribution in [2.75, 3.05) is 20.3 Å². The zero-order chi connectivity index (χ0) is 18.9. The normalized spacial score (nSPS) is 9.88. The van der Waals surface area contributed by atoms with Crippen LogP contribution >= 0.6 is 0 Å². The highest BCUT2D eigenvalue weighted by atomic mass is 16.6. The number of para-hydroxylation sites is 1. The Morgan fingerprint density at radius 2 is 1.77 bits per heavy atom. The highest BCUT2D eigenvalue weighted by Gasteiger charge is 2.13. The summed E-state index contributed by atoms with van der Waals surface area (Å²) in [6.45, 7) is 1.70. The van der Waals surface area contributed by atoms with E-state index in [1.165, 1.54) is 4.90 Å². The number of carbonyl (C=O) groups is 2. The molecule has 2 aromatic carbocycles. The molecule has 0 saturated carbocycles. The van der Waals surface area contributed by atoms with Gasteiger partial charge >= 0.3 is 5.97 Å². The molecule has 134 valence electrons. The molecule has 2 rings (SSSR count). The SMILES string of the molecule is Cc1ccc(CN(C)C(=O)COC(=O)COc2ccccc2C#N)cc1. The van der Waals surface area contributed by atoms with Crippen LogP contribution in [0.3, 0.4) is 0 Å². The molecule has 0 fully saturated rings. The lowest BCUT2D eigenvalue weighted by Gasteiger charge is -2.17. The lowest BCUT2D eigenvalue weighted by molar-refractivity contribution is -0.153. The number of nitriles is 1. The fraction of sp³-hybridized carbons (Fsp3) is 0.250. The summed E-state index contributed by atoms with van der Waals surface area (Å²) in [5, 5.41) is 8.96. The molecule has 0 aromatic heterocycles. The smallest absolute Gasteiger partial charge is 0.344 e. The fourth-order valence-electron chi connectivity index (χ4n) is 2.17. The maximum atomic E-state index is 12.1. The average Bonchev–Trinajstić information content (AvgIpc) is 2.66. The molecule has 2 aromatic rings. The molecular formula is C20H20N2O4. The van der Waals surface area contributed by atoms with Gasteiger partial charge in [0.2, 0.25) is 0 Å². The molecule has 6 nitrogen and oxygen atoms in total. The van der Waals surface area contributed by atoms with Gasteiger partial charge in [-0.3, -0.25) is 4.79 Å². The van der Waals surface area contributed by atoms with E-state index in [-0.39, 0.29) is 19.1 Å². The summed E-state index contributed by atoms with van der Waals surface area (Å²) in [5.74, 6) is -0.680. The molecule has 0 radical (unpaired) electrons. The third-order valence-corrected chi connectivity index (χ3v) is 3.68. The van der Waals surface area contributed by atoms with Gasteiger partial charge in [-0.1, -0.05) is 42.0 Å². The molecule has 0 unspecified atom stereocenters. The van der Waals surface area contributed by atoms with Crippen LogP contribution in [0.2, 0.25) is 0 Å². The van der Waals surface area contributed by atoms with Crippen LogP contribution in [0.4, 0.5) is 0 Å². The van der Waals surface area contributed by atoms with Crippen LogP contribution in [-0.4, -0.2) is 37.0 Å². The highest BCUT2D eigenvalue weighted by molar-refractivity contribution is 5.80. The average molecular weight is 352 g/mol. The maximum Gasteiger partial charge on any atom is 0.344 e. The molecule has 0 aliphatic heterocycles. The van der Waals surface area contributed by atoms with Gasteiger partial charge in [-0.25, -0.2) is 4.79 Å². The molecule has 0 bridgehead atoms. The quantitative estimate of drug-likeness (QED) is 0.715. The van der Waals surface area contributed by atoms with Crippen LogP contribution in [-0.2, 0) is 20.9 Å². The third-order valence-electron chi connectivity index (χ3n) is 3.68. The maximum absolute atomic E-state index is 12.1. The molecule has 0 aliphatic rings. The molecular weight excluding hydrogens is 332 g/mol. The predicted octanol–water partition coefficient (Wildman–Crippen LogP) is 2.45. The zero-order valence-corrected chi connectivity index (χ0v) is 14.8. The van der Waals surface area contributed by atoms with Crippen molar-refractivity contribution in [1.29, 1.82) is 5.26 Å². The third kappa shape index (κ3) is 5.64. The summed E-state index contributed by atoms with van der Waals surface area (Å²) >= 11 is 0. The van der Waals surface area contributed by atoms with Crippen molar-refractivity contribution >= 4 is 11.9 Å². The lowest BCUT2D eigenvalue weighted by Crippen LogP contribution is -2.31. The number of hydrogen-bond acceptors (Lipinski definition) is 5. The van der Waals surface area contributed by atoms with Crippen molar-refractivity contribution < 1.29 is 19.1 Å². The number of ether oxygens (including phenoxy) is 2. The van der Waals surface area contributed by atoms with E-state index in [1.807, 2.05) is 37.3 Å². The predicted molar refractivity (Wildman–Crippen MR) is 95.3 cm³/mol. The second-order valence-electron chi connectivity index (χ2n) is 5.79. The number of benzene rings is 2. The van der Waals surface area contributed by atoms with Crippen LogP contribution in [0.5, 0.6) is 5.75 Å². The highest BCUT2D eigenvalue weighted by Crippen LogP contribution is 2.16.